The SMILES string of the molecule is CCOC(=O)c1ccc2nc(NC(=O)/C=C/c3ccc([N+](=O)[O-])cc3)sc2c1. The van der Waals surface area contributed by atoms with Gasteiger partial charge in [-0.2, -0.15) is 0 Å². The summed E-state index contributed by atoms with van der Waals surface area (Å²) in [5.74, 6) is -0.794. The van der Waals surface area contributed by atoms with Crippen LogP contribution in [-0.4, -0.2) is 28.4 Å². The Balaban J connectivity index is 1.68. The van der Waals surface area contributed by atoms with Crippen molar-refractivity contribution in [2.45, 2.75) is 6.92 Å². The van der Waals surface area contributed by atoms with Crippen LogP contribution in [0.3, 0.4) is 0 Å². The van der Waals surface area contributed by atoms with E-state index in [-0.39, 0.29) is 11.6 Å². The molecule has 0 aliphatic rings. The Morgan fingerprint density at radius 3 is 2.68 bits per heavy atom. The lowest BCUT2D eigenvalue weighted by Crippen LogP contribution is -2.07. The second-order valence-corrected chi connectivity index (χ2v) is 6.62. The molecule has 1 aromatic heterocycles. The molecule has 0 aliphatic heterocycles. The predicted molar refractivity (Wildman–Crippen MR) is 106 cm³/mol. The van der Waals surface area contributed by atoms with Crippen LogP contribution in [0.15, 0.2) is 48.5 Å². The zero-order valence-corrected chi connectivity index (χ0v) is 15.6. The summed E-state index contributed by atoms with van der Waals surface area (Å²) in [7, 11) is 0. The van der Waals surface area contributed by atoms with Gasteiger partial charge in [-0.15, -0.1) is 0 Å². The van der Waals surface area contributed by atoms with Gasteiger partial charge in [-0.3, -0.25) is 20.2 Å². The molecule has 2 aromatic carbocycles. The molecule has 1 amide bonds. The first-order valence-corrected chi connectivity index (χ1v) is 9.09. The maximum atomic E-state index is 12.1. The first kappa shape index (κ1) is 19.2. The van der Waals surface area contributed by atoms with Gasteiger partial charge in [0.1, 0.15) is 0 Å². The normalized spacial score (nSPS) is 10.9. The Hall–Kier alpha value is -3.59. The number of nitrogens with one attached hydrogen (secondary N) is 1. The topological polar surface area (TPSA) is 111 Å². The van der Waals surface area contributed by atoms with Crippen LogP contribution >= 0.6 is 11.3 Å². The van der Waals surface area contributed by atoms with Gasteiger partial charge in [-0.05, 0) is 48.9 Å². The zero-order valence-electron chi connectivity index (χ0n) is 14.7. The minimum absolute atomic E-state index is 0.0155. The van der Waals surface area contributed by atoms with Crippen LogP contribution in [0.2, 0.25) is 0 Å². The number of hydrogen-bond donors (Lipinski definition) is 1. The van der Waals surface area contributed by atoms with Crippen molar-refractivity contribution in [3.63, 3.8) is 0 Å². The molecule has 0 saturated carbocycles. The molecule has 0 unspecified atom stereocenters. The van der Waals surface area contributed by atoms with Crippen LogP contribution in [0, 0.1) is 10.1 Å². The number of carbonyl (C=O) groups excluding carboxylic acids is 2. The van der Waals surface area contributed by atoms with Crippen molar-refractivity contribution >= 4 is 50.3 Å². The Kier molecular flexibility index (Phi) is 5.75. The Morgan fingerprint density at radius 2 is 2.00 bits per heavy atom. The number of fused-ring (bicyclic) bond motifs is 1. The number of hydrogen-bond acceptors (Lipinski definition) is 7. The number of aromatic nitrogens is 1. The number of non-ortho nitro benzene ring substituents is 1. The van der Waals surface area contributed by atoms with Crippen LogP contribution in [0.25, 0.3) is 16.3 Å². The maximum absolute atomic E-state index is 12.1. The highest BCUT2D eigenvalue weighted by atomic mass is 32.1. The smallest absolute Gasteiger partial charge is 0.338 e. The molecule has 0 fully saturated rings. The highest BCUT2D eigenvalue weighted by Crippen LogP contribution is 2.27. The van der Waals surface area contributed by atoms with Gasteiger partial charge >= 0.3 is 5.97 Å². The van der Waals surface area contributed by atoms with Gasteiger partial charge in [0.15, 0.2) is 5.13 Å². The minimum atomic E-state index is -0.485. The Bertz CT molecular complexity index is 1070. The van der Waals surface area contributed by atoms with E-state index in [0.29, 0.717) is 28.4 Å². The molecule has 3 rings (SSSR count). The van der Waals surface area contributed by atoms with Gasteiger partial charge in [-0.25, -0.2) is 9.78 Å². The van der Waals surface area contributed by atoms with E-state index in [1.807, 2.05) is 0 Å². The fourth-order valence-electron chi connectivity index (χ4n) is 2.35. The van der Waals surface area contributed by atoms with E-state index in [9.17, 15) is 19.7 Å². The van der Waals surface area contributed by atoms with Crippen LogP contribution < -0.4 is 5.32 Å². The molecule has 0 radical (unpaired) electrons. The number of anilines is 1. The molecule has 1 N–H and O–H groups in total. The fraction of sp³-hybridized carbons (Fsp3) is 0.105. The van der Waals surface area contributed by atoms with Crippen LogP contribution in [0.1, 0.15) is 22.8 Å². The molecule has 1 heterocycles. The molecular weight excluding hydrogens is 382 g/mol. The fourth-order valence-corrected chi connectivity index (χ4v) is 3.25. The standard InChI is InChI=1S/C19H15N3O5S/c1-2-27-18(24)13-6-9-15-16(11-13)28-19(20-15)21-17(23)10-5-12-3-7-14(8-4-12)22(25)26/h3-11H,2H2,1H3,(H,20,21,23)/b10-5+. The number of rotatable bonds is 6. The molecule has 142 valence electrons. The average Bonchev–Trinajstić information content (AvgIpc) is 3.08. The first-order valence-electron chi connectivity index (χ1n) is 8.27. The van der Waals surface area contributed by atoms with E-state index in [0.717, 1.165) is 4.70 Å². The Labute approximate surface area is 163 Å². The van der Waals surface area contributed by atoms with Gasteiger partial charge in [0.2, 0.25) is 5.91 Å². The lowest BCUT2D eigenvalue weighted by Gasteiger charge is -2.00. The molecule has 28 heavy (non-hydrogen) atoms. The summed E-state index contributed by atoms with van der Waals surface area (Å²) in [6.45, 7) is 2.03. The Morgan fingerprint density at radius 1 is 1.25 bits per heavy atom. The number of amides is 1. The number of ether oxygens (including phenoxy) is 1. The summed E-state index contributed by atoms with van der Waals surface area (Å²) in [6.07, 6.45) is 2.86. The highest BCUT2D eigenvalue weighted by molar-refractivity contribution is 7.22. The van der Waals surface area contributed by atoms with E-state index >= 15 is 0 Å². The van der Waals surface area contributed by atoms with E-state index in [1.165, 1.54) is 29.5 Å². The largest absolute Gasteiger partial charge is 0.462 e. The molecule has 0 bridgehead atoms. The van der Waals surface area contributed by atoms with Crippen molar-refractivity contribution in [1.29, 1.82) is 0 Å². The number of benzene rings is 2. The number of nitro groups is 1. The third-order valence-electron chi connectivity index (χ3n) is 3.66. The van der Waals surface area contributed by atoms with Crippen molar-refractivity contribution in [3.05, 3.63) is 69.8 Å². The van der Waals surface area contributed by atoms with Gasteiger partial charge in [0, 0.05) is 18.2 Å². The van der Waals surface area contributed by atoms with Crippen LogP contribution in [0.4, 0.5) is 10.8 Å². The quantitative estimate of drug-likeness (QED) is 0.291. The summed E-state index contributed by atoms with van der Waals surface area (Å²) in [6, 6.07) is 10.8. The minimum Gasteiger partial charge on any atom is -0.462 e. The van der Waals surface area contributed by atoms with Crippen molar-refractivity contribution in [2.24, 2.45) is 0 Å². The molecular formula is C19H15N3O5S. The number of esters is 1. The number of carbonyl (C=O) groups is 2. The summed E-state index contributed by atoms with van der Waals surface area (Å²) in [5.41, 5.74) is 1.73. The molecule has 0 aliphatic carbocycles. The second kappa shape index (κ2) is 8.40. The molecule has 0 spiro atoms. The van der Waals surface area contributed by atoms with E-state index in [1.54, 1.807) is 43.3 Å². The summed E-state index contributed by atoms with van der Waals surface area (Å²) in [5, 5.41) is 13.7. The summed E-state index contributed by atoms with van der Waals surface area (Å²) < 4.78 is 5.72. The lowest BCUT2D eigenvalue weighted by atomic mass is 10.2. The predicted octanol–water partition coefficient (Wildman–Crippen LogP) is 4.03. The maximum Gasteiger partial charge on any atom is 0.338 e. The number of thiazole rings is 1. The molecule has 0 saturated heterocycles. The summed E-state index contributed by atoms with van der Waals surface area (Å²) in [4.78, 5) is 38.3. The molecule has 3 aromatic rings. The van der Waals surface area contributed by atoms with Crippen LogP contribution in [-0.2, 0) is 9.53 Å². The first-order chi connectivity index (χ1) is 13.5. The molecule has 9 heteroatoms. The second-order valence-electron chi connectivity index (χ2n) is 5.59. The van der Waals surface area contributed by atoms with E-state index in [2.05, 4.69) is 10.3 Å². The average molecular weight is 397 g/mol. The van der Waals surface area contributed by atoms with E-state index in [4.69, 9.17) is 4.74 Å². The summed E-state index contributed by atoms with van der Waals surface area (Å²) >= 11 is 1.24. The highest BCUT2D eigenvalue weighted by Gasteiger charge is 2.11. The van der Waals surface area contributed by atoms with Crippen molar-refractivity contribution in [2.75, 3.05) is 11.9 Å². The third-order valence-corrected chi connectivity index (χ3v) is 4.59. The van der Waals surface area contributed by atoms with E-state index < -0.39 is 10.9 Å². The zero-order chi connectivity index (χ0) is 20.1. The van der Waals surface area contributed by atoms with Gasteiger partial charge in [0.25, 0.3) is 5.69 Å². The van der Waals surface area contributed by atoms with Crippen LogP contribution in [0.5, 0.6) is 0 Å². The van der Waals surface area contributed by atoms with Gasteiger partial charge in [-0.1, -0.05) is 11.3 Å². The number of nitro benzene ring substituents is 1. The van der Waals surface area contributed by atoms with Crippen molar-refractivity contribution < 1.29 is 19.2 Å². The monoisotopic (exact) mass is 397 g/mol. The molecule has 8 nitrogen and oxygen atoms in total. The number of nitrogens with zero attached hydrogens (tertiary/aromatic N) is 2. The third kappa shape index (κ3) is 4.57. The van der Waals surface area contributed by atoms with Crippen molar-refractivity contribution in [1.82, 2.24) is 4.98 Å². The van der Waals surface area contributed by atoms with Gasteiger partial charge < -0.3 is 4.74 Å². The van der Waals surface area contributed by atoms with Gasteiger partial charge in [0.05, 0.1) is 27.3 Å². The van der Waals surface area contributed by atoms with Crippen molar-refractivity contribution in [3.8, 4) is 0 Å². The lowest BCUT2D eigenvalue weighted by molar-refractivity contribution is -0.384. The molecule has 0 atom stereocenters.